The summed E-state index contributed by atoms with van der Waals surface area (Å²) in [6, 6.07) is 16.4. The van der Waals surface area contributed by atoms with Crippen LogP contribution < -0.4 is 16.0 Å². The number of rotatable bonds is 0. The molecule has 2 aromatic carbocycles. The monoisotopic (exact) mass is 565 g/mol. The van der Waals surface area contributed by atoms with Gasteiger partial charge in [-0.25, -0.2) is 14.6 Å². The zero-order valence-electron chi connectivity index (χ0n) is 18.9. The van der Waals surface area contributed by atoms with E-state index in [4.69, 9.17) is 31.4 Å². The molecule has 0 unspecified atom stereocenters. The number of hydrogen-bond donors (Lipinski definition) is 5. The predicted molar refractivity (Wildman–Crippen MR) is 124 cm³/mol. The van der Waals surface area contributed by atoms with E-state index in [0.717, 1.165) is 24.5 Å². The highest BCUT2D eigenvalue weighted by Crippen LogP contribution is 2.26. The number of hydrogen-bond acceptors (Lipinski definition) is 7. The van der Waals surface area contributed by atoms with E-state index in [2.05, 4.69) is 50.2 Å². The summed E-state index contributed by atoms with van der Waals surface area (Å²) in [7, 11) is 0. The van der Waals surface area contributed by atoms with E-state index >= 15 is 0 Å². The van der Waals surface area contributed by atoms with E-state index in [1.165, 1.54) is 11.1 Å². The Kier molecular flexibility index (Phi) is 10.2. The maximum atomic E-state index is 10.6. The van der Waals surface area contributed by atoms with Crippen molar-refractivity contribution in [2.45, 2.75) is 25.4 Å². The van der Waals surface area contributed by atoms with Crippen LogP contribution in [0.25, 0.3) is 0 Å². The molecule has 0 aliphatic carbocycles. The average molecular weight is 566 g/mol. The maximum Gasteiger partial charge on any atom is 0.490 e. The Balaban J connectivity index is 0.000000301. The van der Waals surface area contributed by atoms with Crippen molar-refractivity contribution in [3.05, 3.63) is 70.9 Å². The van der Waals surface area contributed by atoms with E-state index in [1.807, 2.05) is 24.3 Å². The molecule has 0 amide bonds. The molecule has 1 aliphatic rings. The summed E-state index contributed by atoms with van der Waals surface area (Å²) in [5, 5.41) is 24.7. The van der Waals surface area contributed by atoms with Gasteiger partial charge in [-0.1, -0.05) is 35.9 Å². The third-order valence-electron chi connectivity index (χ3n) is 4.26. The summed E-state index contributed by atoms with van der Waals surface area (Å²) >= 11 is 6.23. The van der Waals surface area contributed by atoms with E-state index in [-0.39, 0.29) is 0 Å². The van der Waals surface area contributed by atoms with Crippen LogP contribution in [0.3, 0.4) is 0 Å². The third-order valence-corrected chi connectivity index (χ3v) is 4.54. The normalized spacial score (nSPS) is 12.6. The maximum absolute atomic E-state index is 10.6. The van der Waals surface area contributed by atoms with Gasteiger partial charge in [-0.15, -0.1) is 0 Å². The van der Waals surface area contributed by atoms with Gasteiger partial charge in [-0.05, 0) is 35.4 Å². The molecule has 1 aliphatic heterocycles. The van der Waals surface area contributed by atoms with Crippen LogP contribution >= 0.6 is 11.6 Å². The smallest absolute Gasteiger partial charge is 0.475 e. The summed E-state index contributed by atoms with van der Waals surface area (Å²) in [5.74, 6) is -4.44. The molecule has 4 rings (SSSR count). The first-order valence-electron chi connectivity index (χ1n) is 10.2. The molecule has 2 heterocycles. The molecule has 6 bridgehead atoms. The Bertz CT molecular complexity index is 1250. The fourth-order valence-corrected chi connectivity index (χ4v) is 2.79. The van der Waals surface area contributed by atoms with E-state index in [9.17, 15) is 26.3 Å². The van der Waals surface area contributed by atoms with Crippen LogP contribution in [0, 0.1) is 0 Å². The van der Waals surface area contributed by atoms with Gasteiger partial charge < -0.3 is 26.2 Å². The zero-order chi connectivity index (χ0) is 28.5. The van der Waals surface area contributed by atoms with Gasteiger partial charge >= 0.3 is 24.3 Å². The van der Waals surface area contributed by atoms with Gasteiger partial charge in [0.05, 0.1) is 6.20 Å². The quantitative estimate of drug-likeness (QED) is 0.224. The molecule has 0 saturated heterocycles. The molecule has 0 fully saturated rings. The van der Waals surface area contributed by atoms with Crippen molar-refractivity contribution >= 4 is 46.7 Å². The minimum atomic E-state index is -5.08. The molecule has 1 aromatic heterocycles. The molecule has 9 nitrogen and oxygen atoms in total. The molecule has 3 aromatic rings. The number of carboxylic acid groups (broad SMARTS) is 2. The molecular weight excluding hydrogens is 548 g/mol. The van der Waals surface area contributed by atoms with E-state index in [0.29, 0.717) is 16.8 Å². The molecule has 38 heavy (non-hydrogen) atoms. The lowest BCUT2D eigenvalue weighted by Gasteiger charge is -2.13. The fraction of sp³-hybridized carbons (Fsp3) is 0.182. The van der Waals surface area contributed by atoms with Crippen LogP contribution in [0.2, 0.25) is 5.02 Å². The van der Waals surface area contributed by atoms with Gasteiger partial charge in [0.1, 0.15) is 5.02 Å². The van der Waals surface area contributed by atoms with Crippen molar-refractivity contribution in [2.24, 2.45) is 0 Å². The predicted octanol–water partition coefficient (Wildman–Crippen LogP) is 5.49. The Hall–Kier alpha value is -4.11. The lowest BCUT2D eigenvalue weighted by Crippen LogP contribution is -2.21. The number of nitrogens with one attached hydrogen (secondary N) is 3. The van der Waals surface area contributed by atoms with Gasteiger partial charge in [-0.3, -0.25) is 0 Å². The standard InChI is InChI=1S/C18H16ClN5.2C2HF3O2/c19-16-11-21-18-23-15-6-2-4-13(8-15)10-20-9-12-3-1-5-14(7-12)22-17(16)24-18;2*3-2(4,5)1(6)7/h1-8,11,20H,9-10H2,(H2,21,22,23,24);2*(H,6,7). The molecule has 0 saturated carbocycles. The number of nitrogens with zero attached hydrogens (tertiary/aromatic N) is 2. The number of fused-ring (bicyclic) bond motifs is 6. The van der Waals surface area contributed by atoms with E-state index in [1.54, 1.807) is 6.20 Å². The number of benzene rings is 2. The molecule has 204 valence electrons. The Labute approximate surface area is 215 Å². The summed E-state index contributed by atoms with van der Waals surface area (Å²) in [6.45, 7) is 1.58. The van der Waals surface area contributed by atoms with Gasteiger partial charge in [0, 0.05) is 24.5 Å². The van der Waals surface area contributed by atoms with Crippen LogP contribution in [-0.2, 0) is 22.7 Å². The topological polar surface area (TPSA) is 136 Å². The third kappa shape index (κ3) is 10.1. The van der Waals surface area contributed by atoms with Gasteiger partial charge in [0.25, 0.3) is 0 Å². The summed E-state index contributed by atoms with van der Waals surface area (Å²) in [6.07, 6.45) is -8.57. The first-order valence-corrected chi connectivity index (χ1v) is 10.6. The SMILES string of the molecule is Clc1cnc2nc1Nc1cccc(c1)CNCc1cccc(c1)N2.O=C(O)C(F)(F)F.O=C(O)C(F)(F)F. The van der Waals surface area contributed by atoms with Crippen molar-refractivity contribution in [1.82, 2.24) is 15.3 Å². The van der Waals surface area contributed by atoms with Crippen molar-refractivity contribution in [3.8, 4) is 0 Å². The van der Waals surface area contributed by atoms with Crippen LogP contribution in [0.1, 0.15) is 11.1 Å². The highest BCUT2D eigenvalue weighted by molar-refractivity contribution is 6.32. The molecule has 5 N–H and O–H groups in total. The average Bonchev–Trinajstić information content (AvgIpc) is 2.81. The Morgan fingerprint density at radius 3 is 1.71 bits per heavy atom. The fourth-order valence-electron chi connectivity index (χ4n) is 2.65. The van der Waals surface area contributed by atoms with Crippen LogP contribution in [0.15, 0.2) is 54.7 Å². The number of aliphatic carboxylic acids is 2. The Morgan fingerprint density at radius 2 is 1.26 bits per heavy atom. The second kappa shape index (κ2) is 12.9. The summed E-state index contributed by atoms with van der Waals surface area (Å²) in [4.78, 5) is 26.5. The number of carboxylic acids is 2. The zero-order valence-corrected chi connectivity index (χ0v) is 19.6. The Morgan fingerprint density at radius 1 is 0.816 bits per heavy atom. The highest BCUT2D eigenvalue weighted by atomic mass is 35.5. The van der Waals surface area contributed by atoms with Crippen molar-refractivity contribution in [3.63, 3.8) is 0 Å². The number of aromatic nitrogens is 2. The van der Waals surface area contributed by atoms with E-state index < -0.39 is 24.3 Å². The number of anilines is 4. The van der Waals surface area contributed by atoms with Crippen LogP contribution in [-0.4, -0.2) is 44.5 Å². The first-order chi connectivity index (χ1) is 17.6. The van der Waals surface area contributed by atoms with Crippen molar-refractivity contribution in [1.29, 1.82) is 0 Å². The largest absolute Gasteiger partial charge is 0.490 e. The molecule has 0 atom stereocenters. The molecule has 0 radical (unpaired) electrons. The second-order valence-electron chi connectivity index (χ2n) is 7.25. The number of alkyl halides is 6. The van der Waals surface area contributed by atoms with Crippen molar-refractivity contribution < 1.29 is 46.1 Å². The van der Waals surface area contributed by atoms with Crippen LogP contribution in [0.5, 0.6) is 0 Å². The van der Waals surface area contributed by atoms with Gasteiger partial charge in [0.15, 0.2) is 5.82 Å². The molecular formula is C22H18ClF6N5O4. The summed E-state index contributed by atoms with van der Waals surface area (Å²) in [5.41, 5.74) is 4.27. The lowest BCUT2D eigenvalue weighted by molar-refractivity contribution is -0.193. The minimum absolute atomic E-state index is 0.477. The highest BCUT2D eigenvalue weighted by Gasteiger charge is 2.38. The summed E-state index contributed by atoms with van der Waals surface area (Å²) < 4.78 is 63.5. The van der Waals surface area contributed by atoms with Crippen LogP contribution in [0.4, 0.5) is 49.5 Å². The molecule has 16 heteroatoms. The van der Waals surface area contributed by atoms with Gasteiger partial charge in [0.2, 0.25) is 5.95 Å². The number of carbonyl (C=O) groups is 2. The lowest BCUT2D eigenvalue weighted by atomic mass is 10.1. The van der Waals surface area contributed by atoms with Gasteiger partial charge in [-0.2, -0.15) is 31.3 Å². The first kappa shape index (κ1) is 30.1. The minimum Gasteiger partial charge on any atom is -0.475 e. The number of halogens is 7. The molecule has 0 spiro atoms. The van der Waals surface area contributed by atoms with Crippen molar-refractivity contribution in [2.75, 3.05) is 10.6 Å². The second-order valence-corrected chi connectivity index (χ2v) is 7.66.